The predicted octanol–water partition coefficient (Wildman–Crippen LogP) is 4.37. The highest BCUT2D eigenvalue weighted by atomic mass is 16.4. The molecule has 1 aliphatic rings. The number of aliphatic hydroxyl groups excluding tert-OH is 1. The Balaban J connectivity index is 1.86. The van der Waals surface area contributed by atoms with Crippen LogP contribution in [-0.2, 0) is 5.41 Å². The molecule has 0 radical (unpaired) electrons. The Bertz CT molecular complexity index is 908. The first-order valence-electron chi connectivity index (χ1n) is 9.68. The van der Waals surface area contributed by atoms with E-state index in [1.165, 1.54) is 36.2 Å². The fraction of sp³-hybridized carbons (Fsp3) is 0.375. The van der Waals surface area contributed by atoms with Gasteiger partial charge in [-0.3, -0.25) is 0 Å². The third kappa shape index (κ3) is 4.55. The summed E-state index contributed by atoms with van der Waals surface area (Å²) < 4.78 is 0. The molecule has 1 saturated heterocycles. The molecule has 0 spiro atoms. The zero-order valence-electron chi connectivity index (χ0n) is 16.7. The van der Waals surface area contributed by atoms with Crippen molar-refractivity contribution in [2.24, 2.45) is 0 Å². The molecule has 1 heterocycles. The molecule has 1 aliphatic heterocycles. The Morgan fingerprint density at radius 1 is 1.07 bits per heavy atom. The van der Waals surface area contributed by atoms with Gasteiger partial charge in [-0.15, -0.1) is 0 Å². The minimum atomic E-state index is -0.965. The number of hydrogen-bond donors (Lipinski definition) is 2. The maximum atomic E-state index is 10.9. The molecule has 28 heavy (non-hydrogen) atoms. The van der Waals surface area contributed by atoms with Crippen LogP contribution in [0.5, 0.6) is 0 Å². The van der Waals surface area contributed by atoms with Gasteiger partial charge in [-0.1, -0.05) is 38.7 Å². The smallest absolute Gasteiger partial charge is 0.335 e. The van der Waals surface area contributed by atoms with Gasteiger partial charge in [0.05, 0.1) is 5.56 Å². The maximum absolute atomic E-state index is 10.9. The zero-order chi connectivity index (χ0) is 20.3. The highest BCUT2D eigenvalue weighted by Gasteiger charge is 2.24. The van der Waals surface area contributed by atoms with Crippen molar-refractivity contribution in [2.75, 3.05) is 18.0 Å². The molecule has 0 amide bonds. The number of aliphatic hydroxyl groups is 1. The molecule has 2 N–H and O–H groups in total. The van der Waals surface area contributed by atoms with Crippen molar-refractivity contribution in [3.05, 3.63) is 64.7 Å². The second-order valence-corrected chi connectivity index (χ2v) is 8.28. The van der Waals surface area contributed by atoms with Crippen LogP contribution in [0.1, 0.15) is 66.8 Å². The normalized spacial score (nSPS) is 15.1. The first-order chi connectivity index (χ1) is 13.3. The molecule has 4 nitrogen and oxygen atoms in total. The van der Waals surface area contributed by atoms with Crippen LogP contribution in [0.3, 0.4) is 0 Å². The summed E-state index contributed by atoms with van der Waals surface area (Å²) in [6.45, 7) is 8.73. The van der Waals surface area contributed by atoms with Gasteiger partial charge in [0.2, 0.25) is 0 Å². The molecule has 4 heteroatoms. The topological polar surface area (TPSA) is 60.8 Å². The van der Waals surface area contributed by atoms with Crippen molar-refractivity contribution in [2.45, 2.75) is 45.1 Å². The monoisotopic (exact) mass is 377 g/mol. The number of rotatable bonds is 3. The average molecular weight is 377 g/mol. The number of hydrogen-bond acceptors (Lipinski definition) is 3. The SMILES string of the molecule is CC(C)(C)c1cc(C(O)C#Cc2ccc(C(=O)O)cc2)ccc1N1CCCC1. The minimum Gasteiger partial charge on any atom is -0.478 e. The van der Waals surface area contributed by atoms with Gasteiger partial charge in [0.25, 0.3) is 0 Å². The first-order valence-corrected chi connectivity index (χ1v) is 9.68. The van der Waals surface area contributed by atoms with E-state index >= 15 is 0 Å². The molecule has 1 unspecified atom stereocenters. The quantitative estimate of drug-likeness (QED) is 0.780. The molecular formula is C24H27NO3. The fourth-order valence-electron chi connectivity index (χ4n) is 3.49. The molecule has 0 aliphatic carbocycles. The van der Waals surface area contributed by atoms with Gasteiger partial charge in [0.15, 0.2) is 0 Å². The van der Waals surface area contributed by atoms with Gasteiger partial charge in [-0.25, -0.2) is 4.79 Å². The van der Waals surface area contributed by atoms with Gasteiger partial charge in [-0.2, -0.15) is 0 Å². The van der Waals surface area contributed by atoms with Crippen LogP contribution in [0.2, 0.25) is 0 Å². The highest BCUT2D eigenvalue weighted by molar-refractivity contribution is 5.87. The molecule has 0 aromatic heterocycles. The van der Waals surface area contributed by atoms with Crippen molar-refractivity contribution >= 4 is 11.7 Å². The number of anilines is 1. The fourth-order valence-corrected chi connectivity index (χ4v) is 3.49. The lowest BCUT2D eigenvalue weighted by Crippen LogP contribution is -2.24. The average Bonchev–Trinajstić information content (AvgIpc) is 3.20. The van der Waals surface area contributed by atoms with Crippen molar-refractivity contribution in [1.82, 2.24) is 0 Å². The molecule has 0 saturated carbocycles. The number of benzene rings is 2. The molecule has 2 aromatic rings. The van der Waals surface area contributed by atoms with Crippen LogP contribution < -0.4 is 4.90 Å². The van der Waals surface area contributed by atoms with Gasteiger partial charge in [0, 0.05) is 24.3 Å². The Hall–Kier alpha value is -2.77. The lowest BCUT2D eigenvalue weighted by Gasteiger charge is -2.29. The zero-order valence-corrected chi connectivity index (χ0v) is 16.7. The Kier molecular flexibility index (Phi) is 5.76. The standard InChI is InChI=1S/C24H27NO3/c1-24(2,3)20-16-19(11-12-21(20)25-14-4-5-15-25)22(26)13-8-17-6-9-18(10-7-17)23(27)28/h6-7,9-12,16,22,26H,4-5,14-15H2,1-3H3,(H,27,28). The van der Waals surface area contributed by atoms with Crippen LogP contribution in [0.25, 0.3) is 0 Å². The summed E-state index contributed by atoms with van der Waals surface area (Å²) in [7, 11) is 0. The summed E-state index contributed by atoms with van der Waals surface area (Å²) in [5.74, 6) is 4.84. The van der Waals surface area contributed by atoms with Gasteiger partial charge < -0.3 is 15.1 Å². The van der Waals surface area contributed by atoms with Gasteiger partial charge in [-0.05, 0) is 65.8 Å². The van der Waals surface area contributed by atoms with Crippen LogP contribution >= 0.6 is 0 Å². The van der Waals surface area contributed by atoms with Crippen molar-refractivity contribution in [1.29, 1.82) is 0 Å². The Labute approximate surface area is 166 Å². The van der Waals surface area contributed by atoms with Crippen LogP contribution in [0.15, 0.2) is 42.5 Å². The molecule has 146 valence electrons. The van der Waals surface area contributed by atoms with Crippen molar-refractivity contribution in [3.8, 4) is 11.8 Å². The Morgan fingerprint density at radius 3 is 2.29 bits per heavy atom. The van der Waals surface area contributed by atoms with Crippen LogP contribution in [0, 0.1) is 11.8 Å². The van der Waals surface area contributed by atoms with Crippen molar-refractivity contribution in [3.63, 3.8) is 0 Å². The van der Waals surface area contributed by atoms with E-state index in [0.717, 1.165) is 18.7 Å². The summed E-state index contributed by atoms with van der Waals surface area (Å²) in [5.41, 5.74) is 4.11. The van der Waals surface area contributed by atoms with Crippen LogP contribution in [0.4, 0.5) is 5.69 Å². The van der Waals surface area contributed by atoms with E-state index in [9.17, 15) is 9.90 Å². The summed E-state index contributed by atoms with van der Waals surface area (Å²) in [6.07, 6.45) is 1.55. The molecule has 1 atom stereocenters. The minimum absolute atomic E-state index is 0.0340. The summed E-state index contributed by atoms with van der Waals surface area (Å²) in [5, 5.41) is 19.5. The number of nitrogens with zero attached hydrogens (tertiary/aromatic N) is 1. The molecular weight excluding hydrogens is 350 g/mol. The number of aromatic carboxylic acids is 1. The highest BCUT2D eigenvalue weighted by Crippen LogP contribution is 2.35. The molecule has 2 aromatic carbocycles. The summed E-state index contributed by atoms with van der Waals surface area (Å²) in [4.78, 5) is 13.3. The largest absolute Gasteiger partial charge is 0.478 e. The number of carboxylic acid groups (broad SMARTS) is 1. The van der Waals surface area contributed by atoms with E-state index in [4.69, 9.17) is 5.11 Å². The van der Waals surface area contributed by atoms with E-state index in [1.54, 1.807) is 12.1 Å². The summed E-state index contributed by atoms with van der Waals surface area (Å²) >= 11 is 0. The van der Waals surface area contributed by atoms with E-state index < -0.39 is 12.1 Å². The van der Waals surface area contributed by atoms with E-state index in [2.05, 4.69) is 49.6 Å². The van der Waals surface area contributed by atoms with Gasteiger partial charge in [0.1, 0.15) is 6.10 Å². The molecule has 3 rings (SSSR count). The van der Waals surface area contributed by atoms with Crippen LogP contribution in [-0.4, -0.2) is 29.3 Å². The predicted molar refractivity (Wildman–Crippen MR) is 112 cm³/mol. The molecule has 0 bridgehead atoms. The maximum Gasteiger partial charge on any atom is 0.335 e. The third-order valence-electron chi connectivity index (χ3n) is 5.08. The second kappa shape index (κ2) is 8.08. The number of carboxylic acids is 1. The second-order valence-electron chi connectivity index (χ2n) is 8.28. The van der Waals surface area contributed by atoms with E-state index in [-0.39, 0.29) is 11.0 Å². The first kappa shape index (κ1) is 20.0. The third-order valence-corrected chi connectivity index (χ3v) is 5.08. The molecule has 1 fully saturated rings. The Morgan fingerprint density at radius 2 is 1.71 bits per heavy atom. The van der Waals surface area contributed by atoms with E-state index in [0.29, 0.717) is 5.56 Å². The lowest BCUT2D eigenvalue weighted by atomic mass is 9.84. The van der Waals surface area contributed by atoms with Gasteiger partial charge >= 0.3 is 5.97 Å². The lowest BCUT2D eigenvalue weighted by molar-refractivity contribution is 0.0697. The summed E-state index contributed by atoms with van der Waals surface area (Å²) in [6, 6.07) is 12.5. The van der Waals surface area contributed by atoms with E-state index in [1.807, 2.05) is 6.07 Å². The van der Waals surface area contributed by atoms with Crippen molar-refractivity contribution < 1.29 is 15.0 Å². The number of carbonyl (C=O) groups is 1.